The van der Waals surface area contributed by atoms with Crippen LogP contribution in [0.25, 0.3) is 0 Å². The predicted molar refractivity (Wildman–Crippen MR) is 74.5 cm³/mol. The van der Waals surface area contributed by atoms with Crippen LogP contribution in [0.15, 0.2) is 18.2 Å². The van der Waals surface area contributed by atoms with Crippen molar-refractivity contribution in [3.05, 3.63) is 33.9 Å². The van der Waals surface area contributed by atoms with Crippen LogP contribution in [0, 0.1) is 23.0 Å². The van der Waals surface area contributed by atoms with Crippen LogP contribution in [0.4, 0.5) is 11.4 Å². The van der Waals surface area contributed by atoms with Gasteiger partial charge >= 0.3 is 0 Å². The number of anilines is 1. The van der Waals surface area contributed by atoms with Gasteiger partial charge in [-0.05, 0) is 43.7 Å². The largest absolute Gasteiger partial charge is 0.385 e. The monoisotopic (exact) mass is 264 g/mol. The number of aryl methyl sites for hydroxylation is 1. The van der Waals surface area contributed by atoms with Crippen molar-refractivity contribution in [2.45, 2.75) is 26.2 Å². The highest BCUT2D eigenvalue weighted by atomic mass is 16.6. The zero-order valence-electron chi connectivity index (χ0n) is 11.2. The summed E-state index contributed by atoms with van der Waals surface area (Å²) in [5, 5.41) is 13.9. The number of hydrogen-bond donors (Lipinski definition) is 1. The van der Waals surface area contributed by atoms with E-state index >= 15 is 0 Å². The SMILES string of the molecule is Cc1cc([N+](=O)[O-])ccc1NCCCOCC1CC1. The Morgan fingerprint density at radius 1 is 1.47 bits per heavy atom. The molecule has 1 saturated carbocycles. The second kappa shape index (κ2) is 6.52. The highest BCUT2D eigenvalue weighted by molar-refractivity contribution is 5.55. The quantitative estimate of drug-likeness (QED) is 0.445. The first kappa shape index (κ1) is 13.8. The van der Waals surface area contributed by atoms with Crippen molar-refractivity contribution in [1.29, 1.82) is 0 Å². The first-order chi connectivity index (χ1) is 9.16. The van der Waals surface area contributed by atoms with Crippen LogP contribution < -0.4 is 5.32 Å². The maximum absolute atomic E-state index is 10.6. The van der Waals surface area contributed by atoms with E-state index in [1.54, 1.807) is 12.1 Å². The van der Waals surface area contributed by atoms with Crippen LogP contribution in [0.5, 0.6) is 0 Å². The normalized spacial score (nSPS) is 14.4. The topological polar surface area (TPSA) is 64.4 Å². The number of hydrogen-bond acceptors (Lipinski definition) is 4. The standard InChI is InChI=1S/C14H20N2O3/c1-11-9-13(16(17)18)5-6-14(11)15-7-2-8-19-10-12-3-4-12/h5-6,9,12,15H,2-4,7-8,10H2,1H3. The summed E-state index contributed by atoms with van der Waals surface area (Å²) in [6.07, 6.45) is 3.59. The minimum absolute atomic E-state index is 0.135. The van der Waals surface area contributed by atoms with E-state index in [-0.39, 0.29) is 10.6 Å². The first-order valence-electron chi connectivity index (χ1n) is 6.73. The Bertz CT molecular complexity index is 444. The molecule has 0 saturated heterocycles. The molecular weight excluding hydrogens is 244 g/mol. The van der Waals surface area contributed by atoms with Gasteiger partial charge in [-0.1, -0.05) is 0 Å². The molecule has 0 spiro atoms. The Hall–Kier alpha value is -1.62. The summed E-state index contributed by atoms with van der Waals surface area (Å²) < 4.78 is 5.55. The van der Waals surface area contributed by atoms with Gasteiger partial charge in [0.25, 0.3) is 5.69 Å². The van der Waals surface area contributed by atoms with Crippen molar-refractivity contribution in [3.8, 4) is 0 Å². The third-order valence-electron chi connectivity index (χ3n) is 3.25. The maximum Gasteiger partial charge on any atom is 0.269 e. The van der Waals surface area contributed by atoms with E-state index in [9.17, 15) is 10.1 Å². The number of nitrogens with one attached hydrogen (secondary N) is 1. The molecule has 0 radical (unpaired) electrons. The van der Waals surface area contributed by atoms with E-state index in [1.165, 1.54) is 18.9 Å². The highest BCUT2D eigenvalue weighted by Crippen LogP contribution is 2.28. The lowest BCUT2D eigenvalue weighted by Gasteiger charge is -2.09. The van der Waals surface area contributed by atoms with Gasteiger partial charge in [-0.15, -0.1) is 0 Å². The van der Waals surface area contributed by atoms with Crippen LogP contribution in [0.1, 0.15) is 24.8 Å². The maximum atomic E-state index is 10.6. The van der Waals surface area contributed by atoms with Crippen molar-refractivity contribution in [2.75, 3.05) is 25.1 Å². The summed E-state index contributed by atoms with van der Waals surface area (Å²) in [6, 6.07) is 4.88. The number of ether oxygens (including phenoxy) is 1. The molecule has 0 aromatic heterocycles. The molecular formula is C14H20N2O3. The van der Waals surface area contributed by atoms with Gasteiger partial charge in [0.05, 0.1) is 4.92 Å². The Morgan fingerprint density at radius 2 is 2.26 bits per heavy atom. The summed E-state index contributed by atoms with van der Waals surface area (Å²) in [7, 11) is 0. The number of non-ortho nitro benzene ring substituents is 1. The van der Waals surface area contributed by atoms with Crippen molar-refractivity contribution in [1.82, 2.24) is 0 Å². The number of rotatable bonds is 8. The molecule has 1 aromatic carbocycles. The smallest absolute Gasteiger partial charge is 0.269 e. The lowest BCUT2D eigenvalue weighted by atomic mass is 10.2. The number of nitrogens with zero attached hydrogens (tertiary/aromatic N) is 1. The fourth-order valence-corrected chi connectivity index (χ4v) is 1.89. The van der Waals surface area contributed by atoms with Gasteiger partial charge in [-0.25, -0.2) is 0 Å². The summed E-state index contributed by atoms with van der Waals surface area (Å²) in [5.41, 5.74) is 1.98. The molecule has 1 fully saturated rings. The van der Waals surface area contributed by atoms with Gasteiger partial charge in [0, 0.05) is 37.6 Å². The van der Waals surface area contributed by atoms with Crippen molar-refractivity contribution in [3.63, 3.8) is 0 Å². The van der Waals surface area contributed by atoms with E-state index in [0.29, 0.717) is 0 Å². The lowest BCUT2D eigenvalue weighted by Crippen LogP contribution is -2.07. The molecule has 0 amide bonds. The van der Waals surface area contributed by atoms with E-state index < -0.39 is 0 Å². The Balaban J connectivity index is 1.68. The molecule has 1 aliphatic rings. The number of nitro benzene ring substituents is 1. The van der Waals surface area contributed by atoms with E-state index in [4.69, 9.17) is 4.74 Å². The predicted octanol–water partition coefficient (Wildman–Crippen LogP) is 3.13. The van der Waals surface area contributed by atoms with Crippen molar-refractivity contribution in [2.24, 2.45) is 5.92 Å². The molecule has 0 heterocycles. The summed E-state index contributed by atoms with van der Waals surface area (Å²) in [5.74, 6) is 0.810. The molecule has 2 rings (SSSR count). The Kier molecular flexibility index (Phi) is 4.74. The molecule has 1 N–H and O–H groups in total. The van der Waals surface area contributed by atoms with Crippen LogP contribution >= 0.6 is 0 Å². The molecule has 0 atom stereocenters. The van der Waals surface area contributed by atoms with Crippen LogP contribution in [0.2, 0.25) is 0 Å². The molecule has 0 unspecified atom stereocenters. The molecule has 19 heavy (non-hydrogen) atoms. The van der Waals surface area contributed by atoms with Gasteiger partial charge in [0.2, 0.25) is 0 Å². The Morgan fingerprint density at radius 3 is 2.89 bits per heavy atom. The lowest BCUT2D eigenvalue weighted by molar-refractivity contribution is -0.384. The van der Waals surface area contributed by atoms with Gasteiger partial charge in [0.15, 0.2) is 0 Å². The first-order valence-corrected chi connectivity index (χ1v) is 6.73. The molecule has 5 heteroatoms. The van der Waals surface area contributed by atoms with Crippen molar-refractivity contribution < 1.29 is 9.66 Å². The third kappa shape index (κ3) is 4.52. The second-order valence-electron chi connectivity index (χ2n) is 5.05. The number of benzene rings is 1. The fourth-order valence-electron chi connectivity index (χ4n) is 1.89. The van der Waals surface area contributed by atoms with Crippen LogP contribution in [-0.4, -0.2) is 24.7 Å². The highest BCUT2D eigenvalue weighted by Gasteiger charge is 2.20. The molecule has 0 aliphatic heterocycles. The second-order valence-corrected chi connectivity index (χ2v) is 5.05. The zero-order valence-corrected chi connectivity index (χ0v) is 11.2. The number of nitro groups is 1. The third-order valence-corrected chi connectivity index (χ3v) is 3.25. The van der Waals surface area contributed by atoms with Crippen molar-refractivity contribution >= 4 is 11.4 Å². The zero-order chi connectivity index (χ0) is 13.7. The fraction of sp³-hybridized carbons (Fsp3) is 0.571. The molecule has 1 aromatic rings. The minimum atomic E-state index is -0.373. The molecule has 1 aliphatic carbocycles. The van der Waals surface area contributed by atoms with E-state index in [0.717, 1.165) is 43.3 Å². The summed E-state index contributed by atoms with van der Waals surface area (Å²) >= 11 is 0. The van der Waals surface area contributed by atoms with E-state index in [1.807, 2.05) is 6.92 Å². The van der Waals surface area contributed by atoms with E-state index in [2.05, 4.69) is 5.32 Å². The van der Waals surface area contributed by atoms with Gasteiger partial charge < -0.3 is 10.1 Å². The van der Waals surface area contributed by atoms with Crippen LogP contribution in [-0.2, 0) is 4.74 Å². The van der Waals surface area contributed by atoms with Gasteiger partial charge in [-0.2, -0.15) is 0 Å². The average molecular weight is 264 g/mol. The molecule has 0 bridgehead atoms. The average Bonchev–Trinajstić information content (AvgIpc) is 3.19. The summed E-state index contributed by atoms with van der Waals surface area (Å²) in [6.45, 7) is 4.37. The minimum Gasteiger partial charge on any atom is -0.385 e. The molecule has 104 valence electrons. The van der Waals surface area contributed by atoms with Gasteiger partial charge in [-0.3, -0.25) is 10.1 Å². The molecule has 5 nitrogen and oxygen atoms in total. The van der Waals surface area contributed by atoms with Crippen LogP contribution in [0.3, 0.4) is 0 Å². The Labute approximate surface area is 113 Å². The van der Waals surface area contributed by atoms with Gasteiger partial charge in [0.1, 0.15) is 0 Å². The summed E-state index contributed by atoms with van der Waals surface area (Å²) in [4.78, 5) is 10.3.